The fraction of sp³-hybridized carbons (Fsp3) is 0.364. The van der Waals surface area contributed by atoms with Crippen LogP contribution in [-0.2, 0) is 15.9 Å². The van der Waals surface area contributed by atoms with Crippen LogP contribution in [0, 0.1) is 0 Å². The molecule has 0 saturated carbocycles. The van der Waals surface area contributed by atoms with Crippen molar-refractivity contribution < 1.29 is 14.1 Å². The third kappa shape index (κ3) is 3.45. The van der Waals surface area contributed by atoms with Crippen molar-refractivity contribution in [3.05, 3.63) is 59.8 Å². The van der Waals surface area contributed by atoms with Gasteiger partial charge in [0.25, 0.3) is 5.91 Å². The summed E-state index contributed by atoms with van der Waals surface area (Å²) in [6.07, 6.45) is 1.75. The summed E-state index contributed by atoms with van der Waals surface area (Å²) in [5.41, 5.74) is 2.48. The van der Waals surface area contributed by atoms with Crippen molar-refractivity contribution in [2.75, 3.05) is 7.05 Å². The lowest BCUT2D eigenvalue weighted by Crippen LogP contribution is -2.41. The van der Waals surface area contributed by atoms with Crippen molar-refractivity contribution in [3.63, 3.8) is 0 Å². The normalized spacial score (nSPS) is 17.6. The highest BCUT2D eigenvalue weighted by molar-refractivity contribution is 6.62. The molecule has 6 nitrogen and oxygen atoms in total. The molecule has 0 spiro atoms. The highest BCUT2D eigenvalue weighted by Crippen LogP contribution is 2.36. The van der Waals surface area contributed by atoms with Crippen LogP contribution in [0.5, 0.6) is 0 Å². The smallest absolute Gasteiger partial charge is 0.399 e. The van der Waals surface area contributed by atoms with E-state index in [1.165, 1.54) is 0 Å². The summed E-state index contributed by atoms with van der Waals surface area (Å²) >= 11 is 0. The van der Waals surface area contributed by atoms with Gasteiger partial charge in [0.05, 0.1) is 29.5 Å². The van der Waals surface area contributed by atoms with Crippen LogP contribution in [0.1, 0.15) is 43.6 Å². The van der Waals surface area contributed by atoms with Gasteiger partial charge >= 0.3 is 7.12 Å². The minimum Gasteiger partial charge on any atom is -0.399 e. The number of aromatic nitrogens is 2. The molecule has 3 aromatic rings. The van der Waals surface area contributed by atoms with Gasteiger partial charge in [0.15, 0.2) is 0 Å². The Morgan fingerprint density at radius 2 is 1.76 bits per heavy atom. The molecule has 0 radical (unpaired) electrons. The molecule has 1 aliphatic rings. The van der Waals surface area contributed by atoms with Crippen molar-refractivity contribution in [2.45, 2.75) is 45.4 Å². The second-order valence-corrected chi connectivity index (χ2v) is 8.46. The molecule has 1 aromatic heterocycles. The lowest BCUT2D eigenvalue weighted by atomic mass is 9.77. The first kappa shape index (κ1) is 19.7. The van der Waals surface area contributed by atoms with Crippen LogP contribution in [0.15, 0.2) is 48.7 Å². The Labute approximate surface area is 171 Å². The molecule has 0 atom stereocenters. The summed E-state index contributed by atoms with van der Waals surface area (Å²) in [4.78, 5) is 12.6. The van der Waals surface area contributed by atoms with Gasteiger partial charge in [-0.05, 0) is 50.9 Å². The Bertz CT molecular complexity index is 1040. The van der Waals surface area contributed by atoms with Crippen molar-refractivity contribution in [1.29, 1.82) is 0 Å². The van der Waals surface area contributed by atoms with Crippen LogP contribution < -0.4 is 10.8 Å². The molecule has 0 aliphatic carbocycles. The summed E-state index contributed by atoms with van der Waals surface area (Å²) < 4.78 is 14.3. The number of rotatable bonds is 4. The van der Waals surface area contributed by atoms with Gasteiger partial charge in [-0.2, -0.15) is 5.10 Å². The molecule has 1 aliphatic heterocycles. The Balaban J connectivity index is 1.81. The lowest BCUT2D eigenvalue weighted by Gasteiger charge is -2.32. The Morgan fingerprint density at radius 1 is 1.10 bits per heavy atom. The van der Waals surface area contributed by atoms with Crippen molar-refractivity contribution in [3.8, 4) is 0 Å². The van der Waals surface area contributed by atoms with Gasteiger partial charge in [-0.25, -0.2) is 0 Å². The maximum Gasteiger partial charge on any atom is 0.494 e. The molecule has 1 saturated heterocycles. The molecule has 1 N–H and O–H groups in total. The molecular weight excluding hydrogens is 365 g/mol. The van der Waals surface area contributed by atoms with Gasteiger partial charge in [-0.15, -0.1) is 0 Å². The zero-order chi connectivity index (χ0) is 20.8. The second-order valence-electron chi connectivity index (χ2n) is 8.46. The van der Waals surface area contributed by atoms with Crippen LogP contribution in [0.25, 0.3) is 10.9 Å². The number of amides is 1. The van der Waals surface area contributed by atoms with E-state index >= 15 is 0 Å². The van der Waals surface area contributed by atoms with Crippen molar-refractivity contribution in [2.24, 2.45) is 0 Å². The van der Waals surface area contributed by atoms with E-state index in [9.17, 15) is 4.79 Å². The first-order chi connectivity index (χ1) is 13.7. The number of carbonyl (C=O) groups excluding carboxylic acids is 1. The van der Waals surface area contributed by atoms with Crippen LogP contribution in [0.2, 0.25) is 0 Å². The maximum atomic E-state index is 12.6. The minimum atomic E-state index is -0.548. The predicted molar refractivity (Wildman–Crippen MR) is 114 cm³/mol. The standard InChI is InChI=1S/C22H26BN3O3/c1-21(2)22(3,4)29-23(28-21)16-11-17(20(27)24-5)18-13-25-26(19(18)12-16)14-15-9-7-6-8-10-15/h6-13H,14H2,1-5H3,(H,24,27). The zero-order valence-corrected chi connectivity index (χ0v) is 17.5. The minimum absolute atomic E-state index is 0.160. The fourth-order valence-electron chi connectivity index (χ4n) is 3.52. The number of hydrogen-bond acceptors (Lipinski definition) is 4. The summed E-state index contributed by atoms with van der Waals surface area (Å²) in [7, 11) is 1.08. The molecule has 0 bridgehead atoms. The molecule has 150 valence electrons. The Hall–Kier alpha value is -2.64. The zero-order valence-electron chi connectivity index (χ0n) is 17.5. The Kier molecular flexibility index (Phi) is 4.75. The third-order valence-corrected chi connectivity index (χ3v) is 5.96. The van der Waals surface area contributed by atoms with E-state index in [1.807, 2.05) is 62.7 Å². The maximum absolute atomic E-state index is 12.6. The van der Waals surface area contributed by atoms with E-state index in [-0.39, 0.29) is 5.91 Å². The van der Waals surface area contributed by atoms with Crippen molar-refractivity contribution in [1.82, 2.24) is 15.1 Å². The number of carbonyl (C=O) groups is 1. The molecule has 1 fully saturated rings. The molecule has 2 heterocycles. The van der Waals surface area contributed by atoms with E-state index in [4.69, 9.17) is 9.31 Å². The SMILES string of the molecule is CNC(=O)c1cc(B2OC(C)(C)C(C)(C)O2)cc2c1cnn2Cc1ccccc1. The first-order valence-corrected chi connectivity index (χ1v) is 9.83. The number of nitrogens with one attached hydrogen (secondary N) is 1. The highest BCUT2D eigenvalue weighted by atomic mass is 16.7. The van der Waals surface area contributed by atoms with Gasteiger partial charge in [-0.3, -0.25) is 9.48 Å². The highest BCUT2D eigenvalue weighted by Gasteiger charge is 2.51. The van der Waals surface area contributed by atoms with E-state index < -0.39 is 18.3 Å². The molecular formula is C22H26BN3O3. The van der Waals surface area contributed by atoms with Gasteiger partial charge in [0.2, 0.25) is 0 Å². The fourth-order valence-corrected chi connectivity index (χ4v) is 3.52. The number of hydrogen-bond donors (Lipinski definition) is 1. The lowest BCUT2D eigenvalue weighted by molar-refractivity contribution is 0.00578. The molecule has 29 heavy (non-hydrogen) atoms. The van der Waals surface area contributed by atoms with Crippen molar-refractivity contribution >= 4 is 29.4 Å². The average molecular weight is 391 g/mol. The average Bonchev–Trinajstić information content (AvgIpc) is 3.18. The number of benzene rings is 2. The van der Waals surface area contributed by atoms with Gasteiger partial charge in [0, 0.05) is 18.0 Å². The predicted octanol–water partition coefficient (Wildman–Crippen LogP) is 2.74. The van der Waals surface area contributed by atoms with Crippen LogP contribution >= 0.6 is 0 Å². The largest absolute Gasteiger partial charge is 0.494 e. The van der Waals surface area contributed by atoms with Crippen LogP contribution in [-0.4, -0.2) is 41.1 Å². The summed E-state index contributed by atoms with van der Waals surface area (Å²) in [6, 6.07) is 14.0. The van der Waals surface area contributed by atoms with Gasteiger partial charge < -0.3 is 14.6 Å². The molecule has 1 amide bonds. The van der Waals surface area contributed by atoms with E-state index in [0.717, 1.165) is 21.9 Å². The second kappa shape index (κ2) is 7.00. The van der Waals surface area contributed by atoms with Crippen LogP contribution in [0.3, 0.4) is 0 Å². The summed E-state index contributed by atoms with van der Waals surface area (Å²) in [5.74, 6) is -0.160. The van der Waals surface area contributed by atoms with Gasteiger partial charge in [0.1, 0.15) is 0 Å². The van der Waals surface area contributed by atoms with E-state index in [0.29, 0.717) is 12.1 Å². The monoisotopic (exact) mass is 391 g/mol. The summed E-state index contributed by atoms with van der Waals surface area (Å²) in [6.45, 7) is 8.69. The van der Waals surface area contributed by atoms with Gasteiger partial charge in [-0.1, -0.05) is 30.3 Å². The molecule has 4 rings (SSSR count). The molecule has 7 heteroatoms. The number of nitrogens with zero attached hydrogens (tertiary/aromatic N) is 2. The van der Waals surface area contributed by atoms with Crippen LogP contribution in [0.4, 0.5) is 0 Å². The molecule has 2 aromatic carbocycles. The number of fused-ring (bicyclic) bond motifs is 1. The van der Waals surface area contributed by atoms with E-state index in [2.05, 4.69) is 22.5 Å². The topological polar surface area (TPSA) is 65.4 Å². The van der Waals surface area contributed by atoms with E-state index in [1.54, 1.807) is 13.2 Å². The quantitative estimate of drug-likeness (QED) is 0.695. The summed E-state index contributed by atoms with van der Waals surface area (Å²) in [5, 5.41) is 8.08. The molecule has 0 unspecified atom stereocenters. The third-order valence-electron chi connectivity index (χ3n) is 5.96. The Morgan fingerprint density at radius 3 is 2.38 bits per heavy atom. The first-order valence-electron chi connectivity index (χ1n) is 9.83.